The minimum absolute atomic E-state index is 0.0684. The largest absolute Gasteiger partial charge is 0.490 e. The van der Waals surface area contributed by atoms with Crippen LogP contribution in [0.15, 0.2) is 77.4 Å². The van der Waals surface area contributed by atoms with E-state index in [1.165, 1.54) is 19.4 Å². The van der Waals surface area contributed by atoms with Crippen molar-refractivity contribution in [2.45, 2.75) is 19.6 Å². The van der Waals surface area contributed by atoms with Gasteiger partial charge in [-0.25, -0.2) is 0 Å². The Bertz CT molecular complexity index is 997. The van der Waals surface area contributed by atoms with Crippen LogP contribution < -0.4 is 15.6 Å². The van der Waals surface area contributed by atoms with Crippen LogP contribution in [-0.2, 0) is 11.3 Å². The van der Waals surface area contributed by atoms with Gasteiger partial charge in [-0.05, 0) is 24.1 Å². The molecule has 0 saturated heterocycles. The van der Waals surface area contributed by atoms with Gasteiger partial charge in [0.2, 0.25) is 11.7 Å². The van der Waals surface area contributed by atoms with Gasteiger partial charge in [0.25, 0.3) is 0 Å². The Hall–Kier alpha value is -3.33. The molecular formula is C22H24F3N3O3. The van der Waals surface area contributed by atoms with Crippen LogP contribution in [0.3, 0.4) is 0 Å². The molecule has 0 radical (unpaired) electrons. The fourth-order valence-electron chi connectivity index (χ4n) is 2.63. The number of rotatable bonds is 10. The van der Waals surface area contributed by atoms with Gasteiger partial charge in [0.1, 0.15) is 6.61 Å². The van der Waals surface area contributed by atoms with E-state index < -0.39 is 18.3 Å². The predicted molar refractivity (Wildman–Crippen MR) is 113 cm³/mol. The van der Waals surface area contributed by atoms with Gasteiger partial charge in [-0.15, -0.1) is 0 Å². The molecule has 2 aromatic rings. The number of nitrogens with one attached hydrogen (secondary N) is 1. The normalized spacial score (nSPS) is 12.5. The number of hydrogen-bond acceptors (Lipinski definition) is 5. The monoisotopic (exact) mass is 435 g/mol. The number of benzene rings is 1. The Morgan fingerprint density at radius 2 is 2.00 bits per heavy atom. The van der Waals surface area contributed by atoms with Crippen molar-refractivity contribution in [3.8, 4) is 5.75 Å². The van der Waals surface area contributed by atoms with Gasteiger partial charge in [-0.3, -0.25) is 4.79 Å². The maximum Gasteiger partial charge on any atom is 0.411 e. The molecule has 1 N–H and O–H groups in total. The van der Waals surface area contributed by atoms with Crippen molar-refractivity contribution in [3.05, 3.63) is 88.5 Å². The topological polar surface area (TPSA) is 65.4 Å². The molecule has 0 unspecified atom stereocenters. The maximum atomic E-state index is 12.3. The summed E-state index contributed by atoms with van der Waals surface area (Å²) in [5.74, 6) is 0.271. The van der Waals surface area contributed by atoms with Crippen LogP contribution in [0, 0.1) is 0 Å². The van der Waals surface area contributed by atoms with Crippen molar-refractivity contribution in [1.82, 2.24) is 9.55 Å². The molecule has 0 aliphatic rings. The van der Waals surface area contributed by atoms with E-state index in [1.54, 1.807) is 23.6 Å². The minimum Gasteiger partial charge on any atom is -0.490 e. The van der Waals surface area contributed by atoms with Crippen molar-refractivity contribution in [1.29, 1.82) is 0 Å². The van der Waals surface area contributed by atoms with E-state index in [-0.39, 0.29) is 18.3 Å². The van der Waals surface area contributed by atoms with Crippen molar-refractivity contribution in [3.63, 3.8) is 0 Å². The lowest BCUT2D eigenvalue weighted by atomic mass is 10.2. The Morgan fingerprint density at radius 3 is 2.61 bits per heavy atom. The van der Waals surface area contributed by atoms with Gasteiger partial charge in [0.05, 0.1) is 26.5 Å². The number of methoxy groups -OCH3 is 1. The molecule has 1 aromatic carbocycles. The SMILES string of the molecule is C=C/C=C(C)\C(=C/COCC(F)(F)F)Nc1nc(=O)c(OC)cn1Cc1ccccc1. The van der Waals surface area contributed by atoms with Gasteiger partial charge in [0.15, 0.2) is 0 Å². The van der Waals surface area contributed by atoms with E-state index in [0.29, 0.717) is 17.8 Å². The predicted octanol–water partition coefficient (Wildman–Crippen LogP) is 4.31. The van der Waals surface area contributed by atoms with Crippen molar-refractivity contribution in [2.24, 2.45) is 0 Å². The molecule has 0 aliphatic heterocycles. The number of aromatic nitrogens is 2. The molecule has 2 rings (SSSR count). The Labute approximate surface area is 178 Å². The third kappa shape index (κ3) is 7.78. The highest BCUT2D eigenvalue weighted by Crippen LogP contribution is 2.18. The lowest BCUT2D eigenvalue weighted by Gasteiger charge is -2.17. The van der Waals surface area contributed by atoms with Gasteiger partial charge in [-0.2, -0.15) is 18.2 Å². The van der Waals surface area contributed by atoms with Gasteiger partial charge < -0.3 is 19.4 Å². The van der Waals surface area contributed by atoms with Gasteiger partial charge in [-0.1, -0.05) is 49.1 Å². The molecule has 31 heavy (non-hydrogen) atoms. The first-order chi connectivity index (χ1) is 14.7. The number of halogens is 3. The second kappa shape index (κ2) is 11.2. The molecule has 1 heterocycles. The zero-order chi connectivity index (χ0) is 22.9. The lowest BCUT2D eigenvalue weighted by molar-refractivity contribution is -0.171. The summed E-state index contributed by atoms with van der Waals surface area (Å²) in [6, 6.07) is 9.49. The van der Waals surface area contributed by atoms with Crippen LogP contribution in [0.5, 0.6) is 5.75 Å². The smallest absolute Gasteiger partial charge is 0.411 e. The standard InChI is InChI=1S/C22H24F3N3O3/c1-4-8-16(2)18(11-12-31-15-22(23,24)25)26-21-27-20(29)19(30-3)14-28(21)13-17-9-6-5-7-10-17/h4-11,14H,1,12-13,15H2,2-3H3,(H,26,27,29)/b16-8-,18-11+. The summed E-state index contributed by atoms with van der Waals surface area (Å²) in [6.07, 6.45) is 1.77. The average Bonchev–Trinajstić information content (AvgIpc) is 2.72. The molecular weight excluding hydrogens is 411 g/mol. The first-order valence-electron chi connectivity index (χ1n) is 9.34. The molecule has 0 atom stereocenters. The Kier molecular flexibility index (Phi) is 8.63. The summed E-state index contributed by atoms with van der Waals surface area (Å²) in [5, 5.41) is 3.02. The number of nitrogens with zero attached hydrogens (tertiary/aromatic N) is 2. The van der Waals surface area contributed by atoms with E-state index in [0.717, 1.165) is 5.56 Å². The molecule has 1 aromatic heterocycles. The average molecular weight is 435 g/mol. The second-order valence-electron chi connectivity index (χ2n) is 6.51. The molecule has 0 fully saturated rings. The van der Waals surface area contributed by atoms with Crippen molar-refractivity contribution >= 4 is 5.95 Å². The van der Waals surface area contributed by atoms with Crippen LogP contribution in [-0.4, -0.2) is 36.1 Å². The van der Waals surface area contributed by atoms with Crippen LogP contribution >= 0.6 is 0 Å². The van der Waals surface area contributed by atoms with Crippen LogP contribution in [0.2, 0.25) is 0 Å². The fourth-order valence-corrected chi connectivity index (χ4v) is 2.63. The Morgan fingerprint density at radius 1 is 1.29 bits per heavy atom. The van der Waals surface area contributed by atoms with Crippen LogP contribution in [0.4, 0.5) is 19.1 Å². The van der Waals surface area contributed by atoms with Crippen LogP contribution in [0.25, 0.3) is 0 Å². The van der Waals surface area contributed by atoms with E-state index in [1.807, 2.05) is 30.3 Å². The van der Waals surface area contributed by atoms with E-state index in [2.05, 4.69) is 21.6 Å². The van der Waals surface area contributed by atoms with Gasteiger partial charge >= 0.3 is 11.7 Å². The van der Waals surface area contributed by atoms with E-state index in [9.17, 15) is 18.0 Å². The summed E-state index contributed by atoms with van der Waals surface area (Å²) in [7, 11) is 1.37. The zero-order valence-electron chi connectivity index (χ0n) is 17.3. The fraction of sp³-hybridized carbons (Fsp3) is 0.273. The molecule has 9 heteroatoms. The molecule has 0 bridgehead atoms. The highest BCUT2D eigenvalue weighted by molar-refractivity contribution is 5.46. The quantitative estimate of drug-likeness (QED) is 0.445. The van der Waals surface area contributed by atoms with Crippen LogP contribution in [0.1, 0.15) is 12.5 Å². The van der Waals surface area contributed by atoms with Crippen molar-refractivity contribution < 1.29 is 22.6 Å². The summed E-state index contributed by atoms with van der Waals surface area (Å²) >= 11 is 0. The molecule has 0 aliphatic carbocycles. The zero-order valence-corrected chi connectivity index (χ0v) is 17.3. The summed E-state index contributed by atoms with van der Waals surface area (Å²) in [6.45, 7) is 4.11. The van der Waals surface area contributed by atoms with E-state index in [4.69, 9.17) is 4.74 Å². The summed E-state index contributed by atoms with van der Waals surface area (Å²) < 4.78 is 48.5. The third-order valence-electron chi connectivity index (χ3n) is 4.09. The molecule has 0 saturated carbocycles. The number of hydrogen-bond donors (Lipinski definition) is 1. The molecule has 6 nitrogen and oxygen atoms in total. The first kappa shape index (κ1) is 23.9. The Balaban J connectivity index is 2.37. The summed E-state index contributed by atoms with van der Waals surface area (Å²) in [4.78, 5) is 16.3. The van der Waals surface area contributed by atoms with E-state index >= 15 is 0 Å². The number of anilines is 1. The maximum absolute atomic E-state index is 12.3. The molecule has 0 amide bonds. The highest BCUT2D eigenvalue weighted by atomic mass is 19.4. The highest BCUT2D eigenvalue weighted by Gasteiger charge is 2.27. The van der Waals surface area contributed by atoms with Crippen molar-refractivity contribution in [2.75, 3.05) is 25.6 Å². The summed E-state index contributed by atoms with van der Waals surface area (Å²) in [5.41, 5.74) is 1.48. The second-order valence-corrected chi connectivity index (χ2v) is 6.51. The van der Waals surface area contributed by atoms with Gasteiger partial charge in [0, 0.05) is 5.70 Å². The lowest BCUT2D eigenvalue weighted by Crippen LogP contribution is -2.21. The first-order valence-corrected chi connectivity index (χ1v) is 9.34. The molecule has 166 valence electrons. The molecule has 0 spiro atoms. The number of ether oxygens (including phenoxy) is 2. The minimum atomic E-state index is -4.42. The third-order valence-corrected chi connectivity index (χ3v) is 4.09. The number of alkyl halides is 3. The number of allylic oxidation sites excluding steroid dienone is 3.